The summed E-state index contributed by atoms with van der Waals surface area (Å²) in [5.41, 5.74) is 1.87. The topological polar surface area (TPSA) is 70.6 Å². The summed E-state index contributed by atoms with van der Waals surface area (Å²) in [4.78, 5) is 4.60. The highest BCUT2D eigenvalue weighted by molar-refractivity contribution is 14.0. The quantitative estimate of drug-likeness (QED) is 0.323. The van der Waals surface area contributed by atoms with Crippen molar-refractivity contribution in [3.8, 4) is 0 Å². The molecule has 0 aliphatic rings. The van der Waals surface area contributed by atoms with Gasteiger partial charge in [-0.1, -0.05) is 51.0 Å². The fourth-order valence-corrected chi connectivity index (χ4v) is 3.17. The monoisotopic (exact) mass is 481 g/mol. The van der Waals surface area contributed by atoms with E-state index < -0.39 is 9.84 Å². The molecule has 2 N–H and O–H groups in total. The highest BCUT2D eigenvalue weighted by Gasteiger charge is 2.06. The first-order valence-electron chi connectivity index (χ1n) is 8.65. The van der Waals surface area contributed by atoms with Crippen molar-refractivity contribution in [3.63, 3.8) is 0 Å². The Morgan fingerprint density at radius 1 is 1.04 bits per heavy atom. The summed E-state index contributed by atoms with van der Waals surface area (Å²) in [6.07, 6.45) is 3.56. The summed E-state index contributed by atoms with van der Waals surface area (Å²) < 4.78 is 22.6. The lowest BCUT2D eigenvalue weighted by Crippen LogP contribution is -2.39. The molecule has 5 nitrogen and oxygen atoms in total. The maximum Gasteiger partial charge on any atom is 0.191 e. The molecule has 0 radical (unpaired) electrons. The maximum atomic E-state index is 11.3. The van der Waals surface area contributed by atoms with Gasteiger partial charge in [0.15, 0.2) is 15.8 Å². The van der Waals surface area contributed by atoms with Crippen LogP contribution in [0.4, 0.5) is 0 Å². The van der Waals surface area contributed by atoms with Gasteiger partial charge in [0, 0.05) is 19.3 Å². The third-order valence-electron chi connectivity index (χ3n) is 3.93. The van der Waals surface area contributed by atoms with E-state index in [4.69, 9.17) is 0 Å². The van der Waals surface area contributed by atoms with Crippen molar-refractivity contribution in [1.29, 1.82) is 0 Å². The molecule has 0 saturated heterocycles. The molecule has 7 heteroatoms. The zero-order chi connectivity index (χ0) is 18.0. The fourth-order valence-electron chi connectivity index (χ4n) is 2.37. The van der Waals surface area contributed by atoms with Crippen molar-refractivity contribution >= 4 is 39.8 Å². The average Bonchev–Trinajstić information content (AvgIpc) is 2.53. The molecule has 1 aromatic rings. The SMILES string of the molecule is CCNC(=NCc1ccc(CS(C)(=O)=O)cc1)NCC(CC)CC.I. The van der Waals surface area contributed by atoms with Gasteiger partial charge < -0.3 is 10.6 Å². The third-order valence-corrected chi connectivity index (χ3v) is 4.79. The van der Waals surface area contributed by atoms with E-state index in [1.807, 2.05) is 31.2 Å². The molecule has 0 aromatic heterocycles. The van der Waals surface area contributed by atoms with E-state index in [0.29, 0.717) is 12.5 Å². The summed E-state index contributed by atoms with van der Waals surface area (Å²) >= 11 is 0. The normalized spacial score (nSPS) is 12.0. The molecule has 0 amide bonds. The average molecular weight is 481 g/mol. The summed E-state index contributed by atoms with van der Waals surface area (Å²) in [6.45, 7) is 8.77. The van der Waals surface area contributed by atoms with E-state index in [1.165, 1.54) is 6.26 Å². The molecule has 0 aliphatic heterocycles. The van der Waals surface area contributed by atoms with E-state index in [1.54, 1.807) is 0 Å². The minimum Gasteiger partial charge on any atom is -0.357 e. The molecule has 144 valence electrons. The van der Waals surface area contributed by atoms with Crippen LogP contribution in [-0.2, 0) is 22.1 Å². The number of hydrogen-bond donors (Lipinski definition) is 2. The van der Waals surface area contributed by atoms with Crippen molar-refractivity contribution < 1.29 is 8.42 Å². The molecule has 0 fully saturated rings. The van der Waals surface area contributed by atoms with Crippen molar-refractivity contribution in [3.05, 3.63) is 35.4 Å². The van der Waals surface area contributed by atoms with Crippen LogP contribution in [0, 0.1) is 5.92 Å². The first kappa shape index (κ1) is 24.2. The van der Waals surface area contributed by atoms with Crippen molar-refractivity contribution in [1.82, 2.24) is 10.6 Å². The molecule has 0 aliphatic carbocycles. The van der Waals surface area contributed by atoms with E-state index in [2.05, 4.69) is 29.5 Å². The van der Waals surface area contributed by atoms with E-state index in [9.17, 15) is 8.42 Å². The molecule has 0 saturated carbocycles. The number of halogens is 1. The molecule has 1 aromatic carbocycles. The largest absolute Gasteiger partial charge is 0.357 e. The summed E-state index contributed by atoms with van der Waals surface area (Å²) in [5, 5.41) is 6.65. The van der Waals surface area contributed by atoms with Crippen molar-refractivity contribution in [2.45, 2.75) is 45.9 Å². The maximum absolute atomic E-state index is 11.3. The van der Waals surface area contributed by atoms with Crippen LogP contribution in [0.25, 0.3) is 0 Å². The van der Waals surface area contributed by atoms with Crippen LogP contribution in [0.3, 0.4) is 0 Å². The molecule has 0 spiro atoms. The minimum atomic E-state index is -2.99. The van der Waals surface area contributed by atoms with Gasteiger partial charge >= 0.3 is 0 Å². The van der Waals surface area contributed by atoms with Gasteiger partial charge in [0.1, 0.15) is 0 Å². The first-order valence-corrected chi connectivity index (χ1v) is 10.7. The van der Waals surface area contributed by atoms with Crippen LogP contribution in [0.1, 0.15) is 44.7 Å². The van der Waals surface area contributed by atoms with Crippen molar-refractivity contribution in [2.24, 2.45) is 10.9 Å². The van der Waals surface area contributed by atoms with Gasteiger partial charge in [-0.3, -0.25) is 0 Å². The first-order chi connectivity index (χ1) is 11.4. The zero-order valence-electron chi connectivity index (χ0n) is 15.7. The number of nitrogens with zero attached hydrogens (tertiary/aromatic N) is 1. The zero-order valence-corrected chi connectivity index (χ0v) is 18.9. The number of rotatable bonds is 9. The van der Waals surface area contributed by atoms with E-state index in [0.717, 1.165) is 43.0 Å². The minimum absolute atomic E-state index is 0. The van der Waals surface area contributed by atoms with Gasteiger partial charge in [0.05, 0.1) is 12.3 Å². The van der Waals surface area contributed by atoms with Crippen LogP contribution < -0.4 is 10.6 Å². The van der Waals surface area contributed by atoms with Gasteiger partial charge in [-0.25, -0.2) is 13.4 Å². The Bertz CT molecular complexity index is 612. The molecular formula is C18H32IN3O2S. The number of nitrogens with one attached hydrogen (secondary N) is 2. The van der Waals surface area contributed by atoms with Crippen LogP contribution in [-0.4, -0.2) is 33.7 Å². The second-order valence-electron chi connectivity index (χ2n) is 6.15. The van der Waals surface area contributed by atoms with Crippen LogP contribution in [0.15, 0.2) is 29.3 Å². The number of sulfone groups is 1. The molecule has 0 heterocycles. The molecular weight excluding hydrogens is 449 g/mol. The fraction of sp³-hybridized carbons (Fsp3) is 0.611. The van der Waals surface area contributed by atoms with Gasteiger partial charge in [0.25, 0.3) is 0 Å². The van der Waals surface area contributed by atoms with Crippen LogP contribution in [0.2, 0.25) is 0 Å². The highest BCUT2D eigenvalue weighted by atomic mass is 127. The van der Waals surface area contributed by atoms with Gasteiger partial charge in [-0.2, -0.15) is 0 Å². The Balaban J connectivity index is 0.00000576. The summed E-state index contributed by atoms with van der Waals surface area (Å²) in [6, 6.07) is 7.59. The molecule has 0 atom stereocenters. The Morgan fingerprint density at radius 2 is 1.60 bits per heavy atom. The smallest absolute Gasteiger partial charge is 0.191 e. The van der Waals surface area contributed by atoms with Crippen molar-refractivity contribution in [2.75, 3.05) is 19.3 Å². The third kappa shape index (κ3) is 10.7. The second kappa shape index (κ2) is 12.5. The predicted octanol–water partition coefficient (Wildman–Crippen LogP) is 3.34. The lowest BCUT2D eigenvalue weighted by Gasteiger charge is -2.16. The lowest BCUT2D eigenvalue weighted by molar-refractivity contribution is 0.481. The second-order valence-corrected chi connectivity index (χ2v) is 8.29. The van der Waals surface area contributed by atoms with Gasteiger partial charge in [-0.05, 0) is 24.0 Å². The van der Waals surface area contributed by atoms with Crippen LogP contribution >= 0.6 is 24.0 Å². The Morgan fingerprint density at radius 3 is 2.08 bits per heavy atom. The lowest BCUT2D eigenvalue weighted by atomic mass is 10.0. The molecule has 1 rings (SSSR count). The van der Waals surface area contributed by atoms with E-state index in [-0.39, 0.29) is 29.7 Å². The van der Waals surface area contributed by atoms with E-state index >= 15 is 0 Å². The molecule has 25 heavy (non-hydrogen) atoms. The number of hydrogen-bond acceptors (Lipinski definition) is 3. The summed E-state index contributed by atoms with van der Waals surface area (Å²) in [7, 11) is -2.99. The number of guanidine groups is 1. The Labute approximate surface area is 170 Å². The van der Waals surface area contributed by atoms with Crippen LogP contribution in [0.5, 0.6) is 0 Å². The highest BCUT2D eigenvalue weighted by Crippen LogP contribution is 2.09. The standard InChI is InChI=1S/C18H31N3O2S.HI/c1-5-15(6-2)12-20-18(19-7-3)21-13-16-8-10-17(11-9-16)14-24(4,22)23;/h8-11,15H,5-7,12-14H2,1-4H3,(H2,19,20,21);1H. The Kier molecular flexibility index (Phi) is 12.1. The predicted molar refractivity (Wildman–Crippen MR) is 117 cm³/mol. The number of benzene rings is 1. The van der Waals surface area contributed by atoms with Gasteiger partial charge in [0.2, 0.25) is 0 Å². The van der Waals surface area contributed by atoms with Gasteiger partial charge in [-0.15, -0.1) is 24.0 Å². The Hall–Kier alpha value is -0.830. The number of aliphatic imine (C=N–C) groups is 1. The summed E-state index contributed by atoms with van der Waals surface area (Å²) in [5.74, 6) is 1.56. The molecule has 0 bridgehead atoms. The molecule has 0 unspecified atom stereocenters.